The largest absolute Gasteiger partial charge is 0.481 e. The predicted octanol–water partition coefficient (Wildman–Crippen LogP) is 4.23. The van der Waals surface area contributed by atoms with Crippen molar-refractivity contribution in [1.29, 1.82) is 0 Å². The first-order valence-electron chi connectivity index (χ1n) is 8.96. The summed E-state index contributed by atoms with van der Waals surface area (Å²) >= 11 is 0. The summed E-state index contributed by atoms with van der Waals surface area (Å²) in [6.07, 6.45) is 2.16. The Balaban J connectivity index is 2.56. The first-order valence-corrected chi connectivity index (χ1v) is 8.96. The summed E-state index contributed by atoms with van der Waals surface area (Å²) in [5, 5.41) is 10.00. The topological polar surface area (TPSA) is 40.5 Å². The minimum absolute atomic E-state index is 0.421. The number of carbonyl (C=O) groups is 1. The summed E-state index contributed by atoms with van der Waals surface area (Å²) in [7, 11) is 4.08. The van der Waals surface area contributed by atoms with Crippen LogP contribution in [0.25, 0.3) is 0 Å². The van der Waals surface area contributed by atoms with Crippen LogP contribution in [0.3, 0.4) is 0 Å². The monoisotopic (exact) mass is 339 g/mol. The van der Waals surface area contributed by atoms with Crippen LogP contribution in [-0.2, 0) is 16.6 Å². The van der Waals surface area contributed by atoms with E-state index in [0.717, 1.165) is 24.9 Å². The smallest absolute Gasteiger partial charge is 0.307 e. The van der Waals surface area contributed by atoms with Crippen molar-refractivity contribution in [3.63, 3.8) is 0 Å². The molecule has 0 aliphatic rings. The average molecular weight is 339 g/mol. The van der Waals surface area contributed by atoms with E-state index in [0.29, 0.717) is 6.42 Å². The van der Waals surface area contributed by atoms with E-state index in [9.17, 15) is 9.90 Å². The number of carboxylic acid groups (broad SMARTS) is 1. The van der Waals surface area contributed by atoms with Crippen molar-refractivity contribution < 1.29 is 9.90 Å². The fourth-order valence-electron chi connectivity index (χ4n) is 3.79. The van der Waals surface area contributed by atoms with E-state index in [1.165, 1.54) is 5.56 Å². The van der Waals surface area contributed by atoms with Gasteiger partial charge in [-0.25, -0.2) is 0 Å². The van der Waals surface area contributed by atoms with Crippen LogP contribution in [-0.4, -0.2) is 36.6 Å². The van der Waals surface area contributed by atoms with Crippen molar-refractivity contribution in [2.24, 2.45) is 5.92 Å². The van der Waals surface area contributed by atoms with Crippen molar-refractivity contribution in [1.82, 2.24) is 4.90 Å². The van der Waals surface area contributed by atoms with E-state index in [2.05, 4.69) is 29.2 Å². The maximum absolute atomic E-state index is 12.2. The van der Waals surface area contributed by atoms with Crippen molar-refractivity contribution in [2.45, 2.75) is 31.6 Å². The van der Waals surface area contributed by atoms with Crippen molar-refractivity contribution in [2.75, 3.05) is 20.6 Å². The minimum Gasteiger partial charge on any atom is -0.481 e. The molecule has 3 nitrogen and oxygen atoms in total. The third kappa shape index (κ3) is 4.70. The lowest BCUT2D eigenvalue weighted by Crippen LogP contribution is -2.43. The lowest BCUT2D eigenvalue weighted by molar-refractivity contribution is -0.145. The van der Waals surface area contributed by atoms with Crippen LogP contribution in [0.5, 0.6) is 0 Å². The van der Waals surface area contributed by atoms with Crippen LogP contribution in [0.1, 0.15) is 30.9 Å². The van der Waals surface area contributed by atoms with Gasteiger partial charge in [-0.05, 0) is 51.0 Å². The molecule has 2 aromatic carbocycles. The Morgan fingerprint density at radius 2 is 1.60 bits per heavy atom. The van der Waals surface area contributed by atoms with E-state index in [-0.39, 0.29) is 0 Å². The number of hydrogen-bond acceptors (Lipinski definition) is 2. The van der Waals surface area contributed by atoms with Crippen molar-refractivity contribution in [3.05, 3.63) is 71.8 Å². The molecule has 0 amide bonds. The number of hydrogen-bond donors (Lipinski definition) is 1. The van der Waals surface area contributed by atoms with Gasteiger partial charge in [-0.2, -0.15) is 0 Å². The lowest BCUT2D eigenvalue weighted by Gasteiger charge is -2.40. The molecule has 0 aromatic heterocycles. The average Bonchev–Trinajstić information content (AvgIpc) is 2.61. The second kappa shape index (κ2) is 8.82. The van der Waals surface area contributed by atoms with Gasteiger partial charge in [0.25, 0.3) is 0 Å². The summed E-state index contributed by atoms with van der Waals surface area (Å²) in [4.78, 5) is 14.3. The molecule has 0 spiro atoms. The third-order valence-electron chi connectivity index (χ3n) is 5.09. The third-order valence-corrected chi connectivity index (χ3v) is 5.09. The zero-order chi connectivity index (χ0) is 18.3. The summed E-state index contributed by atoms with van der Waals surface area (Å²) < 4.78 is 0. The fourth-order valence-corrected chi connectivity index (χ4v) is 3.79. The number of aliphatic carboxylic acids is 1. The fraction of sp³-hybridized carbons (Fsp3) is 0.409. The van der Waals surface area contributed by atoms with Crippen LogP contribution in [0.15, 0.2) is 60.7 Å². The molecule has 1 N–H and O–H groups in total. The number of benzene rings is 2. The molecule has 25 heavy (non-hydrogen) atoms. The molecule has 134 valence electrons. The van der Waals surface area contributed by atoms with E-state index in [4.69, 9.17) is 0 Å². The zero-order valence-electron chi connectivity index (χ0n) is 15.5. The highest BCUT2D eigenvalue weighted by molar-refractivity contribution is 5.72. The summed E-state index contributed by atoms with van der Waals surface area (Å²) in [5.41, 5.74) is 1.88. The first-order chi connectivity index (χ1) is 12.0. The summed E-state index contributed by atoms with van der Waals surface area (Å²) in [6, 6.07) is 20.4. The number of rotatable bonds is 9. The van der Waals surface area contributed by atoms with E-state index >= 15 is 0 Å². The Bertz CT molecular complexity index is 654. The van der Waals surface area contributed by atoms with Gasteiger partial charge >= 0.3 is 5.97 Å². The molecule has 0 fully saturated rings. The summed E-state index contributed by atoms with van der Waals surface area (Å²) in [5.74, 6) is -1.13. The van der Waals surface area contributed by atoms with E-state index in [1.54, 1.807) is 0 Å². The standard InChI is InChI=1S/C22H29NO2/c1-4-20(21(24)25)22(15-16-23(2)3,19-13-9-6-10-14-19)17-18-11-7-5-8-12-18/h5-14,20H,4,15-17H2,1-3H3,(H,24,25)/t20-,22?/m0/s1. The molecule has 0 heterocycles. The Labute approximate surface area is 151 Å². The quantitative estimate of drug-likeness (QED) is 0.743. The maximum Gasteiger partial charge on any atom is 0.307 e. The van der Waals surface area contributed by atoms with Crippen LogP contribution in [0, 0.1) is 5.92 Å². The highest BCUT2D eigenvalue weighted by atomic mass is 16.4. The van der Waals surface area contributed by atoms with Crippen LogP contribution in [0.2, 0.25) is 0 Å². The second-order valence-electron chi connectivity index (χ2n) is 7.04. The van der Waals surface area contributed by atoms with Crippen LogP contribution < -0.4 is 0 Å². The molecule has 3 heteroatoms. The minimum atomic E-state index is -0.707. The van der Waals surface area contributed by atoms with Gasteiger partial charge in [0.1, 0.15) is 0 Å². The van der Waals surface area contributed by atoms with Gasteiger partial charge in [-0.3, -0.25) is 4.79 Å². The van der Waals surface area contributed by atoms with Crippen molar-refractivity contribution >= 4 is 5.97 Å². The molecule has 0 radical (unpaired) electrons. The SMILES string of the molecule is CC[C@@H](C(=O)O)C(CCN(C)C)(Cc1ccccc1)c1ccccc1. The highest BCUT2D eigenvalue weighted by Gasteiger charge is 2.43. The van der Waals surface area contributed by atoms with Gasteiger partial charge in [-0.15, -0.1) is 0 Å². The zero-order valence-corrected chi connectivity index (χ0v) is 15.5. The molecular formula is C22H29NO2. The van der Waals surface area contributed by atoms with Gasteiger partial charge in [0.15, 0.2) is 0 Å². The Morgan fingerprint density at radius 1 is 1.04 bits per heavy atom. The molecule has 0 saturated heterocycles. The van der Waals surface area contributed by atoms with Crippen molar-refractivity contribution in [3.8, 4) is 0 Å². The molecular weight excluding hydrogens is 310 g/mol. The lowest BCUT2D eigenvalue weighted by atomic mass is 9.63. The summed E-state index contributed by atoms with van der Waals surface area (Å²) in [6.45, 7) is 2.84. The molecule has 0 saturated carbocycles. The normalized spacial score (nSPS) is 14.9. The molecule has 1 unspecified atom stereocenters. The number of nitrogens with zero attached hydrogens (tertiary/aromatic N) is 1. The van der Waals surface area contributed by atoms with Crippen LogP contribution in [0.4, 0.5) is 0 Å². The van der Waals surface area contributed by atoms with Gasteiger partial charge in [-0.1, -0.05) is 67.6 Å². The first kappa shape index (κ1) is 19.2. The molecule has 0 bridgehead atoms. The molecule has 0 aliphatic carbocycles. The highest BCUT2D eigenvalue weighted by Crippen LogP contribution is 2.41. The molecule has 2 rings (SSSR count). The molecule has 2 aromatic rings. The Kier molecular flexibility index (Phi) is 6.77. The Morgan fingerprint density at radius 3 is 2.08 bits per heavy atom. The van der Waals surface area contributed by atoms with Gasteiger partial charge < -0.3 is 10.0 Å². The molecule has 0 aliphatic heterocycles. The van der Waals surface area contributed by atoms with Gasteiger partial charge in [0.05, 0.1) is 5.92 Å². The van der Waals surface area contributed by atoms with E-state index < -0.39 is 17.3 Å². The maximum atomic E-state index is 12.2. The van der Waals surface area contributed by atoms with E-state index in [1.807, 2.05) is 57.4 Å². The number of carboxylic acids is 1. The predicted molar refractivity (Wildman–Crippen MR) is 103 cm³/mol. The van der Waals surface area contributed by atoms with Gasteiger partial charge in [0.2, 0.25) is 0 Å². The van der Waals surface area contributed by atoms with Crippen LogP contribution >= 0.6 is 0 Å². The second-order valence-corrected chi connectivity index (χ2v) is 7.04. The van der Waals surface area contributed by atoms with Gasteiger partial charge in [0, 0.05) is 5.41 Å². The molecule has 2 atom stereocenters. The Hall–Kier alpha value is -2.13.